The quantitative estimate of drug-likeness (QED) is 0.882. The van der Waals surface area contributed by atoms with Crippen LogP contribution in [0.2, 0.25) is 0 Å². The molecule has 0 radical (unpaired) electrons. The highest BCUT2D eigenvalue weighted by atomic mass is 32.2. The second-order valence-corrected chi connectivity index (χ2v) is 6.54. The van der Waals surface area contributed by atoms with Crippen molar-refractivity contribution in [3.05, 3.63) is 41.8 Å². The van der Waals surface area contributed by atoms with Gasteiger partial charge in [-0.2, -0.15) is 0 Å². The van der Waals surface area contributed by atoms with Gasteiger partial charge in [-0.25, -0.2) is 0 Å². The number of nitrogens with one attached hydrogen (secondary N) is 1. The third-order valence-corrected chi connectivity index (χ3v) is 4.68. The fourth-order valence-electron chi connectivity index (χ4n) is 1.86. The Hall–Kier alpha value is -2.15. The van der Waals surface area contributed by atoms with Gasteiger partial charge in [-0.05, 0) is 26.0 Å². The van der Waals surface area contributed by atoms with Crippen molar-refractivity contribution in [1.29, 1.82) is 0 Å². The summed E-state index contributed by atoms with van der Waals surface area (Å²) in [5.74, 6) is 1.06. The van der Waals surface area contributed by atoms with Gasteiger partial charge in [-0.15, -0.1) is 0 Å². The molecule has 1 aromatic heterocycles. The van der Waals surface area contributed by atoms with E-state index in [9.17, 15) is 9.00 Å². The molecular weight excluding hydrogens is 304 g/mol. The second kappa shape index (κ2) is 7.22. The molecule has 0 fully saturated rings. The summed E-state index contributed by atoms with van der Waals surface area (Å²) in [7, 11) is 0.137. The molecule has 2 rings (SSSR count). The Morgan fingerprint density at radius 1 is 1.45 bits per heavy atom. The van der Waals surface area contributed by atoms with Gasteiger partial charge >= 0.3 is 0 Å². The van der Waals surface area contributed by atoms with Crippen LogP contribution in [0.4, 0.5) is 5.69 Å². The Bertz CT molecular complexity index is 684. The van der Waals surface area contributed by atoms with E-state index < -0.39 is 16.0 Å². The number of amides is 1. The van der Waals surface area contributed by atoms with Crippen molar-refractivity contribution in [3.8, 4) is 5.75 Å². The maximum atomic E-state index is 12.2. The molecule has 22 heavy (non-hydrogen) atoms. The second-order valence-electron chi connectivity index (χ2n) is 4.79. The number of carbonyl (C=O) groups is 1. The molecule has 1 aromatic carbocycles. The lowest BCUT2D eigenvalue weighted by atomic mass is 10.3. The topological polar surface area (TPSA) is 81.4 Å². The van der Waals surface area contributed by atoms with Crippen molar-refractivity contribution < 1.29 is 18.3 Å². The number of anilines is 1. The van der Waals surface area contributed by atoms with Gasteiger partial charge in [-0.3, -0.25) is 9.00 Å². The monoisotopic (exact) mass is 322 g/mol. The molecule has 1 amide bonds. The van der Waals surface area contributed by atoms with Crippen LogP contribution in [0, 0.1) is 6.92 Å². The van der Waals surface area contributed by atoms with Gasteiger partial charge in [0.1, 0.15) is 16.8 Å². The molecule has 118 valence electrons. The normalized spacial score (nSPS) is 13.4. The zero-order valence-electron chi connectivity index (χ0n) is 12.7. The zero-order valence-corrected chi connectivity index (χ0v) is 13.5. The molecule has 0 unspecified atom stereocenters. The number of aromatic nitrogens is 1. The van der Waals surface area contributed by atoms with Crippen LogP contribution in [-0.4, -0.2) is 27.6 Å². The Balaban J connectivity index is 2.00. The lowest BCUT2D eigenvalue weighted by Crippen LogP contribution is -2.30. The van der Waals surface area contributed by atoms with E-state index in [0.717, 1.165) is 0 Å². The molecule has 0 bridgehead atoms. The Kier molecular flexibility index (Phi) is 5.32. The van der Waals surface area contributed by atoms with Crippen molar-refractivity contribution in [1.82, 2.24) is 5.16 Å². The summed E-state index contributed by atoms with van der Waals surface area (Å²) >= 11 is 0. The van der Waals surface area contributed by atoms with Crippen LogP contribution >= 0.6 is 0 Å². The molecule has 0 aliphatic heterocycles. The van der Waals surface area contributed by atoms with Crippen LogP contribution in [-0.2, 0) is 21.3 Å². The highest BCUT2D eigenvalue weighted by Gasteiger charge is 2.22. The maximum Gasteiger partial charge on any atom is 0.239 e. The summed E-state index contributed by atoms with van der Waals surface area (Å²) in [5, 5.41) is 5.84. The highest BCUT2D eigenvalue weighted by molar-refractivity contribution is 7.85. The average Bonchev–Trinajstić information content (AvgIpc) is 2.92. The molecule has 0 saturated heterocycles. The molecule has 0 saturated carbocycles. The van der Waals surface area contributed by atoms with E-state index in [1.54, 1.807) is 38.1 Å². The Morgan fingerprint density at radius 3 is 2.82 bits per heavy atom. The van der Waals surface area contributed by atoms with E-state index in [2.05, 4.69) is 10.5 Å². The van der Waals surface area contributed by atoms with Crippen molar-refractivity contribution in [2.24, 2.45) is 0 Å². The highest BCUT2D eigenvalue weighted by Crippen LogP contribution is 2.23. The number of benzene rings is 1. The molecule has 0 aliphatic carbocycles. The fourth-order valence-corrected chi connectivity index (χ4v) is 2.83. The van der Waals surface area contributed by atoms with Crippen molar-refractivity contribution in [2.45, 2.75) is 24.9 Å². The Labute approximate surface area is 131 Å². The average molecular weight is 322 g/mol. The van der Waals surface area contributed by atoms with Crippen molar-refractivity contribution in [2.75, 3.05) is 12.4 Å². The number of rotatable bonds is 6. The van der Waals surface area contributed by atoms with Gasteiger partial charge in [0.25, 0.3) is 0 Å². The first-order valence-corrected chi connectivity index (χ1v) is 8.12. The number of hydrogen-bond donors (Lipinski definition) is 1. The lowest BCUT2D eigenvalue weighted by Gasteiger charge is -2.13. The largest absolute Gasteiger partial charge is 0.495 e. The summed E-state index contributed by atoms with van der Waals surface area (Å²) in [6, 6.07) is 8.78. The SMILES string of the molecule is COc1ccccc1NC(=O)[C@@H](C)[S@@](=O)Cc1cc(C)on1. The van der Waals surface area contributed by atoms with Crippen LogP contribution in [0.5, 0.6) is 5.75 Å². The first-order chi connectivity index (χ1) is 10.5. The third-order valence-electron chi connectivity index (χ3n) is 3.10. The van der Waals surface area contributed by atoms with Gasteiger partial charge in [0.05, 0.1) is 24.2 Å². The number of hydrogen-bond acceptors (Lipinski definition) is 5. The molecule has 1 N–H and O–H groups in total. The minimum absolute atomic E-state index is 0.178. The van der Waals surface area contributed by atoms with Gasteiger partial charge in [0.2, 0.25) is 5.91 Å². The van der Waals surface area contributed by atoms with Crippen molar-refractivity contribution >= 4 is 22.4 Å². The minimum atomic E-state index is -1.39. The molecule has 0 spiro atoms. The summed E-state index contributed by atoms with van der Waals surface area (Å²) in [5.41, 5.74) is 1.13. The summed E-state index contributed by atoms with van der Waals surface area (Å²) < 4.78 is 22.3. The number of para-hydroxylation sites is 2. The van der Waals surface area contributed by atoms with Crippen LogP contribution in [0.3, 0.4) is 0 Å². The van der Waals surface area contributed by atoms with E-state index in [1.807, 2.05) is 6.07 Å². The number of methoxy groups -OCH3 is 1. The molecule has 2 atom stereocenters. The first kappa shape index (κ1) is 16.2. The van der Waals surface area contributed by atoms with E-state index in [1.165, 1.54) is 7.11 Å². The number of nitrogens with zero attached hydrogens (tertiary/aromatic N) is 1. The van der Waals surface area contributed by atoms with Crippen LogP contribution < -0.4 is 10.1 Å². The number of carbonyl (C=O) groups excluding carboxylic acids is 1. The van der Waals surface area contributed by atoms with Crippen LogP contribution in [0.25, 0.3) is 0 Å². The summed E-state index contributed by atoms with van der Waals surface area (Å²) in [4.78, 5) is 12.2. The molecular formula is C15H18N2O4S. The summed E-state index contributed by atoms with van der Waals surface area (Å²) in [6.07, 6.45) is 0. The smallest absolute Gasteiger partial charge is 0.239 e. The third kappa shape index (κ3) is 3.94. The standard InChI is InChI=1S/C15H18N2O4S/c1-10-8-12(17-21-10)9-22(19)11(2)15(18)16-13-6-4-5-7-14(13)20-3/h4-8,11H,9H2,1-3H3,(H,16,18)/t11-,22+/m1/s1. The van der Waals surface area contributed by atoms with Gasteiger partial charge in [0, 0.05) is 16.9 Å². The van der Waals surface area contributed by atoms with Gasteiger partial charge < -0.3 is 14.6 Å². The van der Waals surface area contributed by atoms with E-state index in [-0.39, 0.29) is 11.7 Å². The molecule has 7 heteroatoms. The molecule has 1 heterocycles. The van der Waals surface area contributed by atoms with Crippen molar-refractivity contribution in [3.63, 3.8) is 0 Å². The van der Waals surface area contributed by atoms with E-state index in [0.29, 0.717) is 22.9 Å². The predicted octanol–water partition coefficient (Wildman–Crippen LogP) is 2.27. The van der Waals surface area contributed by atoms with E-state index in [4.69, 9.17) is 9.26 Å². The molecule has 2 aromatic rings. The first-order valence-electron chi connectivity index (χ1n) is 6.74. The van der Waals surface area contributed by atoms with E-state index >= 15 is 0 Å². The van der Waals surface area contributed by atoms with Crippen LogP contribution in [0.1, 0.15) is 18.4 Å². The zero-order chi connectivity index (χ0) is 16.1. The van der Waals surface area contributed by atoms with Crippen LogP contribution in [0.15, 0.2) is 34.9 Å². The number of ether oxygens (including phenoxy) is 1. The lowest BCUT2D eigenvalue weighted by molar-refractivity contribution is -0.115. The molecule has 6 nitrogen and oxygen atoms in total. The summed E-state index contributed by atoms with van der Waals surface area (Å²) in [6.45, 7) is 3.38. The predicted molar refractivity (Wildman–Crippen MR) is 84.2 cm³/mol. The number of aryl methyl sites for hydroxylation is 1. The van der Waals surface area contributed by atoms with Gasteiger partial charge in [-0.1, -0.05) is 17.3 Å². The Morgan fingerprint density at radius 2 is 2.18 bits per heavy atom. The van der Waals surface area contributed by atoms with Gasteiger partial charge in [0.15, 0.2) is 0 Å². The fraction of sp³-hybridized carbons (Fsp3) is 0.333. The minimum Gasteiger partial charge on any atom is -0.495 e. The molecule has 0 aliphatic rings. The maximum absolute atomic E-state index is 12.2.